The summed E-state index contributed by atoms with van der Waals surface area (Å²) in [4.78, 5) is 0. The summed E-state index contributed by atoms with van der Waals surface area (Å²) in [5.74, 6) is 0. The van der Waals surface area contributed by atoms with Crippen LogP contribution in [0.3, 0.4) is 0 Å². The standard InChI is InChI=1S/C2H6OS.3ClH.K.Pt/c1-4(2)3;;;;;/h1-2H3;3*1H;;/q;;;;+1;+2/p-3. The third-order valence-corrected chi connectivity index (χ3v) is 0. The molecule has 0 N–H and O–H groups in total. The van der Waals surface area contributed by atoms with Crippen molar-refractivity contribution in [2.45, 2.75) is 0 Å². The van der Waals surface area contributed by atoms with Crippen LogP contribution < -0.4 is 88.6 Å². The molecule has 7 heteroatoms. The molecule has 0 saturated carbocycles. The van der Waals surface area contributed by atoms with Gasteiger partial charge in [0.15, 0.2) is 0 Å². The number of hydrogen-bond donors (Lipinski definition) is 0. The van der Waals surface area contributed by atoms with E-state index in [0.717, 1.165) is 0 Å². The van der Waals surface area contributed by atoms with Crippen molar-refractivity contribution in [1.82, 2.24) is 0 Å². The Balaban J connectivity index is -0.00000000450. The molecule has 9 heavy (non-hydrogen) atoms. The van der Waals surface area contributed by atoms with Gasteiger partial charge in [0.25, 0.3) is 0 Å². The first-order valence-corrected chi connectivity index (χ1v) is 2.95. The number of hydrogen-bond acceptors (Lipinski definition) is 1. The van der Waals surface area contributed by atoms with Crippen molar-refractivity contribution in [3.63, 3.8) is 0 Å². The van der Waals surface area contributed by atoms with Crippen molar-refractivity contribution in [1.29, 1.82) is 0 Å². The summed E-state index contributed by atoms with van der Waals surface area (Å²) in [5.41, 5.74) is 0. The Morgan fingerprint density at radius 1 is 1.00 bits per heavy atom. The molecule has 0 radical (unpaired) electrons. The van der Waals surface area contributed by atoms with Crippen molar-refractivity contribution >= 4 is 10.8 Å². The summed E-state index contributed by atoms with van der Waals surface area (Å²) in [6.45, 7) is 0. The molecule has 0 aromatic heterocycles. The van der Waals surface area contributed by atoms with Gasteiger partial charge in [-0.05, 0) is 0 Å². The van der Waals surface area contributed by atoms with Crippen LogP contribution in [-0.2, 0) is 31.9 Å². The molecule has 0 atom stereocenters. The first kappa shape index (κ1) is 39.5. The van der Waals surface area contributed by atoms with Gasteiger partial charge < -0.3 is 37.2 Å². The molecule has 0 aliphatic rings. The smallest absolute Gasteiger partial charge is 1.00 e. The molecule has 0 amide bonds. The maximum Gasteiger partial charge on any atom is 2.00 e. The summed E-state index contributed by atoms with van der Waals surface area (Å²) in [6, 6.07) is 0. The Morgan fingerprint density at radius 3 is 1.00 bits per heavy atom. The van der Waals surface area contributed by atoms with E-state index in [1.54, 1.807) is 12.5 Å². The zero-order valence-electron chi connectivity index (χ0n) is 5.27. The third-order valence-electron chi connectivity index (χ3n) is 0. The van der Waals surface area contributed by atoms with Crippen LogP contribution in [0.4, 0.5) is 0 Å². The summed E-state index contributed by atoms with van der Waals surface area (Å²) in [7, 11) is -0.611. The first-order valence-electron chi connectivity index (χ1n) is 0.983. The predicted molar refractivity (Wildman–Crippen MR) is 20.0 cm³/mol. The Morgan fingerprint density at radius 2 is 1.00 bits per heavy atom. The van der Waals surface area contributed by atoms with Gasteiger partial charge in [-0.2, -0.15) is 0 Å². The van der Waals surface area contributed by atoms with E-state index in [1.165, 1.54) is 0 Å². The topological polar surface area (TPSA) is 17.1 Å². The van der Waals surface area contributed by atoms with Crippen LogP contribution in [0.5, 0.6) is 0 Å². The Labute approximate surface area is 134 Å². The molecule has 0 spiro atoms. The van der Waals surface area contributed by atoms with Gasteiger partial charge in [-0.15, -0.1) is 0 Å². The van der Waals surface area contributed by atoms with Gasteiger partial charge in [0.1, 0.15) is 0 Å². The minimum absolute atomic E-state index is 0. The van der Waals surface area contributed by atoms with E-state index in [2.05, 4.69) is 0 Å². The molecule has 0 heterocycles. The summed E-state index contributed by atoms with van der Waals surface area (Å²) in [6.07, 6.45) is 3.28. The van der Waals surface area contributed by atoms with Crippen molar-refractivity contribution in [2.24, 2.45) is 0 Å². The third kappa shape index (κ3) is 88.6. The van der Waals surface area contributed by atoms with E-state index in [1.807, 2.05) is 0 Å². The zero-order valence-corrected chi connectivity index (χ0v) is 13.7. The van der Waals surface area contributed by atoms with Gasteiger partial charge in [-0.3, -0.25) is 4.21 Å². The molecule has 58 valence electrons. The molecule has 0 fully saturated rings. The molecule has 0 aliphatic heterocycles. The van der Waals surface area contributed by atoms with E-state index in [0.29, 0.717) is 0 Å². The maximum atomic E-state index is 9.56. The molecular weight excluding hydrogens is 413 g/mol. The van der Waals surface area contributed by atoms with Gasteiger partial charge in [0.05, 0.1) is 0 Å². The summed E-state index contributed by atoms with van der Waals surface area (Å²) < 4.78 is 9.56. The van der Waals surface area contributed by atoms with Crippen LogP contribution in [0.1, 0.15) is 0 Å². The van der Waals surface area contributed by atoms with Crippen LogP contribution in [0.15, 0.2) is 0 Å². The largest absolute Gasteiger partial charge is 2.00 e. The Kier molecular flexibility index (Phi) is 132. The second kappa shape index (κ2) is 30.2. The van der Waals surface area contributed by atoms with Crippen LogP contribution in [0.25, 0.3) is 0 Å². The minimum Gasteiger partial charge on any atom is -1.00 e. The predicted octanol–water partition coefficient (Wildman–Crippen LogP) is -12.0. The van der Waals surface area contributed by atoms with Crippen LogP contribution in [-0.4, -0.2) is 16.7 Å². The Hall–Kier alpha value is 3.34. The summed E-state index contributed by atoms with van der Waals surface area (Å²) >= 11 is 0. The van der Waals surface area contributed by atoms with E-state index >= 15 is 0 Å². The summed E-state index contributed by atoms with van der Waals surface area (Å²) in [5, 5.41) is 0. The van der Waals surface area contributed by atoms with E-state index in [9.17, 15) is 4.21 Å². The van der Waals surface area contributed by atoms with Gasteiger partial charge in [0.2, 0.25) is 0 Å². The second-order valence-electron chi connectivity index (χ2n) is 0.742. The molecule has 0 rings (SSSR count). The molecule has 0 aromatic carbocycles. The normalized spacial score (nSPS) is 3.89. The maximum absolute atomic E-state index is 9.56. The fourth-order valence-corrected chi connectivity index (χ4v) is 0. The van der Waals surface area contributed by atoms with Crippen molar-refractivity contribution in [2.75, 3.05) is 12.5 Å². The van der Waals surface area contributed by atoms with Crippen LogP contribution >= 0.6 is 0 Å². The quantitative estimate of drug-likeness (QED) is 0.357. The van der Waals surface area contributed by atoms with E-state index in [-0.39, 0.29) is 110 Å². The van der Waals surface area contributed by atoms with E-state index < -0.39 is 10.8 Å². The fourth-order valence-electron chi connectivity index (χ4n) is 0. The zero-order chi connectivity index (χ0) is 3.58. The van der Waals surface area contributed by atoms with Crippen LogP contribution in [0, 0.1) is 0 Å². The molecule has 1 nitrogen and oxygen atoms in total. The molecule has 0 aromatic rings. The average molecular weight is 419 g/mol. The average Bonchev–Trinajstić information content (AvgIpc) is 0.811. The molecule has 0 aliphatic carbocycles. The number of rotatable bonds is 0. The van der Waals surface area contributed by atoms with Crippen molar-refractivity contribution in [3.05, 3.63) is 0 Å². The monoisotopic (exact) mass is 417 g/mol. The van der Waals surface area contributed by atoms with Crippen molar-refractivity contribution in [3.8, 4) is 0 Å². The second-order valence-corrected chi connectivity index (χ2v) is 2.22. The van der Waals surface area contributed by atoms with Gasteiger partial charge in [-0.25, -0.2) is 0 Å². The minimum atomic E-state index is -0.611. The number of halogens is 3. The first-order chi connectivity index (χ1) is 1.73. The van der Waals surface area contributed by atoms with E-state index in [4.69, 9.17) is 0 Å². The van der Waals surface area contributed by atoms with Gasteiger partial charge in [-0.1, -0.05) is 0 Å². The van der Waals surface area contributed by atoms with Gasteiger partial charge in [0, 0.05) is 23.3 Å². The SMILES string of the molecule is CS(C)=O.[Cl-].[Cl-].[Cl-].[K+].[Pt+2]. The molecular formula is C2H6Cl3KOPtS. The van der Waals surface area contributed by atoms with Gasteiger partial charge >= 0.3 is 72.4 Å². The Bertz CT molecular complexity index is 44.8. The molecule has 0 unspecified atom stereocenters. The molecule has 0 bridgehead atoms. The fraction of sp³-hybridized carbons (Fsp3) is 1.00. The van der Waals surface area contributed by atoms with Crippen LogP contribution in [0.2, 0.25) is 0 Å². The van der Waals surface area contributed by atoms with Crippen molar-refractivity contribution < 1.29 is 114 Å². The molecule has 0 saturated heterocycles.